The van der Waals surface area contributed by atoms with E-state index in [2.05, 4.69) is 26.5 Å². The van der Waals surface area contributed by atoms with Crippen molar-refractivity contribution in [3.05, 3.63) is 70.7 Å². The average molecular weight is 413 g/mol. The number of para-hydroxylation sites is 1. The van der Waals surface area contributed by atoms with Crippen LogP contribution in [0.1, 0.15) is 12.5 Å². The molecule has 0 saturated carbocycles. The Bertz CT molecular complexity index is 972. The second-order valence-corrected chi connectivity index (χ2v) is 6.50. The molecule has 3 aromatic carbocycles. The van der Waals surface area contributed by atoms with Gasteiger partial charge in [0.1, 0.15) is 11.5 Å². The Labute approximate surface area is 159 Å². The van der Waals surface area contributed by atoms with Gasteiger partial charge in [0.05, 0.1) is 10.7 Å². The van der Waals surface area contributed by atoms with Gasteiger partial charge in [-0.05, 0) is 51.8 Å². The number of nitrogens with one attached hydrogen (secondary N) is 1. The van der Waals surface area contributed by atoms with Gasteiger partial charge in [0, 0.05) is 5.56 Å². The first kappa shape index (κ1) is 17.9. The van der Waals surface area contributed by atoms with Crippen molar-refractivity contribution in [2.75, 3.05) is 0 Å². The van der Waals surface area contributed by atoms with Gasteiger partial charge in [-0.1, -0.05) is 42.5 Å². The van der Waals surface area contributed by atoms with Crippen LogP contribution in [0.4, 0.5) is 0 Å². The summed E-state index contributed by atoms with van der Waals surface area (Å²) in [5.41, 5.74) is 2.99. The van der Waals surface area contributed by atoms with E-state index in [-0.39, 0.29) is 5.75 Å². The lowest BCUT2D eigenvalue weighted by Crippen LogP contribution is -2.33. The molecule has 1 amide bonds. The Morgan fingerprint density at radius 1 is 1.15 bits per heavy atom. The number of carbonyl (C=O) groups is 1. The SMILES string of the molecule is C[C@H](Oc1ccccc1Br)C(=O)N/N=C\c1c(O)ccc2ccccc12. The molecule has 2 N–H and O–H groups in total. The van der Waals surface area contributed by atoms with E-state index in [1.54, 1.807) is 19.1 Å². The number of hydrazone groups is 1. The highest BCUT2D eigenvalue weighted by Crippen LogP contribution is 2.26. The fraction of sp³-hybridized carbons (Fsp3) is 0.100. The Morgan fingerprint density at radius 3 is 2.69 bits per heavy atom. The number of benzene rings is 3. The maximum Gasteiger partial charge on any atom is 0.280 e. The summed E-state index contributed by atoms with van der Waals surface area (Å²) in [4.78, 5) is 12.2. The molecule has 0 aliphatic carbocycles. The minimum absolute atomic E-state index is 0.0965. The summed E-state index contributed by atoms with van der Waals surface area (Å²) in [6.45, 7) is 1.64. The number of halogens is 1. The zero-order chi connectivity index (χ0) is 18.5. The minimum Gasteiger partial charge on any atom is -0.507 e. The molecule has 0 fully saturated rings. The number of carbonyl (C=O) groups excluding carboxylic acids is 1. The standard InChI is InChI=1S/C20H17BrN2O3/c1-13(26-19-9-5-4-8-17(19)21)20(25)23-22-12-16-15-7-3-2-6-14(15)10-11-18(16)24/h2-13,24H,1H3,(H,23,25)/b22-12-/t13-/m0/s1. The van der Waals surface area contributed by atoms with E-state index in [4.69, 9.17) is 4.74 Å². The van der Waals surface area contributed by atoms with Crippen LogP contribution in [0, 0.1) is 0 Å². The summed E-state index contributed by atoms with van der Waals surface area (Å²) in [6, 6.07) is 18.4. The van der Waals surface area contributed by atoms with Crippen LogP contribution >= 0.6 is 15.9 Å². The Balaban J connectivity index is 1.70. The fourth-order valence-electron chi connectivity index (χ4n) is 2.46. The number of hydrogen-bond acceptors (Lipinski definition) is 4. The van der Waals surface area contributed by atoms with Crippen LogP contribution in [-0.2, 0) is 4.79 Å². The van der Waals surface area contributed by atoms with Gasteiger partial charge in [0.2, 0.25) is 0 Å². The highest BCUT2D eigenvalue weighted by Gasteiger charge is 2.15. The van der Waals surface area contributed by atoms with Crippen molar-refractivity contribution >= 4 is 38.8 Å². The molecule has 0 saturated heterocycles. The largest absolute Gasteiger partial charge is 0.507 e. The summed E-state index contributed by atoms with van der Waals surface area (Å²) in [5.74, 6) is 0.279. The van der Waals surface area contributed by atoms with Crippen LogP contribution in [0.2, 0.25) is 0 Å². The van der Waals surface area contributed by atoms with Gasteiger partial charge in [0.15, 0.2) is 6.10 Å². The summed E-state index contributed by atoms with van der Waals surface area (Å²) in [5, 5.41) is 15.9. The van der Waals surface area contributed by atoms with Crippen molar-refractivity contribution in [1.82, 2.24) is 5.43 Å². The van der Waals surface area contributed by atoms with Crippen molar-refractivity contribution in [2.24, 2.45) is 5.10 Å². The number of hydrogen-bond donors (Lipinski definition) is 2. The molecule has 3 rings (SSSR count). The van der Waals surface area contributed by atoms with E-state index in [1.807, 2.05) is 48.5 Å². The first-order valence-electron chi connectivity index (χ1n) is 8.01. The molecule has 5 nitrogen and oxygen atoms in total. The van der Waals surface area contributed by atoms with Crippen molar-refractivity contribution in [1.29, 1.82) is 0 Å². The molecule has 0 aliphatic rings. The summed E-state index contributed by atoms with van der Waals surface area (Å²) in [7, 11) is 0. The van der Waals surface area contributed by atoms with Crippen LogP contribution in [-0.4, -0.2) is 23.3 Å². The van der Waals surface area contributed by atoms with Crippen molar-refractivity contribution in [2.45, 2.75) is 13.0 Å². The predicted molar refractivity (Wildman–Crippen MR) is 106 cm³/mol. The number of phenols is 1. The van der Waals surface area contributed by atoms with Crippen LogP contribution in [0.25, 0.3) is 10.8 Å². The smallest absolute Gasteiger partial charge is 0.280 e. The number of ether oxygens (including phenoxy) is 1. The summed E-state index contributed by atoms with van der Waals surface area (Å²) < 4.78 is 6.39. The third-order valence-electron chi connectivity index (χ3n) is 3.83. The molecular formula is C20H17BrN2O3. The quantitative estimate of drug-likeness (QED) is 0.486. The lowest BCUT2D eigenvalue weighted by Gasteiger charge is -2.14. The number of phenolic OH excluding ortho intramolecular Hbond substituents is 1. The number of amides is 1. The van der Waals surface area contributed by atoms with Gasteiger partial charge in [-0.2, -0.15) is 5.10 Å². The highest BCUT2D eigenvalue weighted by molar-refractivity contribution is 9.10. The lowest BCUT2D eigenvalue weighted by atomic mass is 10.0. The molecule has 0 radical (unpaired) electrons. The second kappa shape index (κ2) is 8.01. The third kappa shape index (κ3) is 4.03. The minimum atomic E-state index is -0.730. The highest BCUT2D eigenvalue weighted by atomic mass is 79.9. The zero-order valence-electron chi connectivity index (χ0n) is 14.0. The maximum atomic E-state index is 12.2. The predicted octanol–water partition coefficient (Wildman–Crippen LogP) is 4.23. The molecule has 0 heterocycles. The Hall–Kier alpha value is -2.86. The third-order valence-corrected chi connectivity index (χ3v) is 4.48. The van der Waals surface area contributed by atoms with Crippen LogP contribution in [0.5, 0.6) is 11.5 Å². The average Bonchev–Trinajstić information content (AvgIpc) is 2.65. The van der Waals surface area contributed by atoms with Crippen LogP contribution < -0.4 is 10.2 Å². The van der Waals surface area contributed by atoms with Gasteiger partial charge >= 0.3 is 0 Å². The van der Waals surface area contributed by atoms with E-state index in [1.165, 1.54) is 6.21 Å². The lowest BCUT2D eigenvalue weighted by molar-refractivity contribution is -0.127. The monoisotopic (exact) mass is 412 g/mol. The van der Waals surface area contributed by atoms with Gasteiger partial charge in [-0.3, -0.25) is 4.79 Å². The van der Waals surface area contributed by atoms with Crippen molar-refractivity contribution < 1.29 is 14.6 Å². The Kier molecular flexibility index (Phi) is 5.53. The number of rotatable bonds is 5. The molecule has 0 spiro atoms. The summed E-state index contributed by atoms with van der Waals surface area (Å²) in [6.07, 6.45) is 0.702. The van der Waals surface area contributed by atoms with Gasteiger partial charge < -0.3 is 9.84 Å². The van der Waals surface area contributed by atoms with E-state index in [9.17, 15) is 9.90 Å². The van der Waals surface area contributed by atoms with Crippen LogP contribution in [0.15, 0.2) is 70.2 Å². The second-order valence-electron chi connectivity index (χ2n) is 5.64. The number of nitrogens with zero attached hydrogens (tertiary/aromatic N) is 1. The zero-order valence-corrected chi connectivity index (χ0v) is 15.6. The number of fused-ring (bicyclic) bond motifs is 1. The molecular weight excluding hydrogens is 396 g/mol. The topological polar surface area (TPSA) is 70.9 Å². The molecule has 1 atom stereocenters. The molecule has 3 aromatic rings. The van der Waals surface area contributed by atoms with E-state index < -0.39 is 12.0 Å². The van der Waals surface area contributed by atoms with E-state index in [0.29, 0.717) is 11.3 Å². The first-order valence-corrected chi connectivity index (χ1v) is 8.80. The van der Waals surface area contributed by atoms with Crippen molar-refractivity contribution in [3.63, 3.8) is 0 Å². The molecule has 0 unspecified atom stereocenters. The fourth-order valence-corrected chi connectivity index (χ4v) is 2.83. The summed E-state index contributed by atoms with van der Waals surface area (Å²) >= 11 is 3.37. The van der Waals surface area contributed by atoms with Crippen molar-refractivity contribution in [3.8, 4) is 11.5 Å². The van der Waals surface area contributed by atoms with E-state index in [0.717, 1.165) is 15.2 Å². The number of aromatic hydroxyl groups is 1. The van der Waals surface area contributed by atoms with Gasteiger partial charge in [0.25, 0.3) is 5.91 Å². The van der Waals surface area contributed by atoms with Gasteiger partial charge in [-0.15, -0.1) is 0 Å². The molecule has 0 bridgehead atoms. The molecule has 26 heavy (non-hydrogen) atoms. The maximum absolute atomic E-state index is 12.2. The molecule has 6 heteroatoms. The van der Waals surface area contributed by atoms with Gasteiger partial charge in [-0.25, -0.2) is 5.43 Å². The molecule has 132 valence electrons. The van der Waals surface area contributed by atoms with E-state index >= 15 is 0 Å². The Morgan fingerprint density at radius 2 is 1.88 bits per heavy atom. The molecule has 0 aromatic heterocycles. The molecule has 0 aliphatic heterocycles. The normalized spacial score (nSPS) is 12.2. The van der Waals surface area contributed by atoms with Crippen LogP contribution in [0.3, 0.4) is 0 Å². The first-order chi connectivity index (χ1) is 12.6.